The van der Waals surface area contributed by atoms with Crippen LogP contribution in [0, 0.1) is 5.92 Å². The van der Waals surface area contributed by atoms with Gasteiger partial charge in [-0.15, -0.1) is 0 Å². The number of nitrogens with one attached hydrogen (secondary N) is 1. The lowest BCUT2D eigenvalue weighted by Crippen LogP contribution is -2.48. The minimum Gasteiger partial charge on any atom is -0.363 e. The zero-order valence-electron chi connectivity index (χ0n) is 14.9. The Labute approximate surface area is 150 Å². The molecule has 1 amide bonds. The van der Waals surface area contributed by atoms with Gasteiger partial charge in [0.15, 0.2) is 0 Å². The van der Waals surface area contributed by atoms with E-state index < -0.39 is 0 Å². The highest BCUT2D eigenvalue weighted by molar-refractivity contribution is 5.80. The van der Waals surface area contributed by atoms with Crippen LogP contribution in [-0.2, 0) is 16.1 Å². The first-order valence-electron chi connectivity index (χ1n) is 9.87. The zero-order valence-corrected chi connectivity index (χ0v) is 14.9. The highest BCUT2D eigenvalue weighted by Gasteiger charge is 2.42. The van der Waals surface area contributed by atoms with E-state index in [-0.39, 0.29) is 18.1 Å². The Bertz CT molecular complexity index is 574. The summed E-state index contributed by atoms with van der Waals surface area (Å²) in [7, 11) is 0. The Kier molecular flexibility index (Phi) is 5.32. The molecule has 1 saturated carbocycles. The van der Waals surface area contributed by atoms with Gasteiger partial charge in [-0.05, 0) is 50.2 Å². The molecule has 0 aromatic carbocycles. The van der Waals surface area contributed by atoms with Crippen molar-refractivity contribution < 1.29 is 9.53 Å². The van der Waals surface area contributed by atoms with Crippen LogP contribution < -0.4 is 5.32 Å². The average molecular weight is 343 g/mol. The van der Waals surface area contributed by atoms with Crippen molar-refractivity contribution in [3.8, 4) is 0 Å². The van der Waals surface area contributed by atoms with Crippen molar-refractivity contribution in [1.82, 2.24) is 15.2 Å². The molecule has 25 heavy (non-hydrogen) atoms. The van der Waals surface area contributed by atoms with Crippen LogP contribution >= 0.6 is 0 Å². The molecule has 0 unspecified atom stereocenters. The van der Waals surface area contributed by atoms with Gasteiger partial charge >= 0.3 is 0 Å². The topological polar surface area (TPSA) is 54.5 Å². The largest absolute Gasteiger partial charge is 0.363 e. The summed E-state index contributed by atoms with van der Waals surface area (Å²) in [6.45, 7) is 2.84. The van der Waals surface area contributed by atoms with Gasteiger partial charge in [0.2, 0.25) is 5.91 Å². The molecule has 2 saturated heterocycles. The predicted molar refractivity (Wildman–Crippen MR) is 95.9 cm³/mol. The van der Waals surface area contributed by atoms with E-state index in [2.05, 4.69) is 15.2 Å². The highest BCUT2D eigenvalue weighted by atomic mass is 16.5. The number of hydrogen-bond donors (Lipinski definition) is 1. The van der Waals surface area contributed by atoms with E-state index in [1.54, 1.807) is 6.20 Å². The summed E-state index contributed by atoms with van der Waals surface area (Å²) in [4.78, 5) is 19.3. The molecule has 0 radical (unpaired) electrons. The van der Waals surface area contributed by atoms with E-state index in [1.165, 1.54) is 32.2 Å². The molecule has 5 heteroatoms. The maximum absolute atomic E-state index is 12.4. The second-order valence-electron chi connectivity index (χ2n) is 7.78. The molecule has 4 rings (SSSR count). The molecule has 3 atom stereocenters. The minimum absolute atomic E-state index is 0.0124. The number of nitrogens with zero attached hydrogens (tertiary/aromatic N) is 2. The predicted octanol–water partition coefficient (Wildman–Crippen LogP) is 2.51. The third kappa shape index (κ3) is 4.04. The molecule has 5 nitrogen and oxygen atoms in total. The van der Waals surface area contributed by atoms with Crippen molar-refractivity contribution in [2.24, 2.45) is 5.92 Å². The standard InChI is InChI=1S/C20H29N3O2/c24-20(22-13-16-7-3-4-11-21-16)19-9-8-17-18(25-19)10-12-23(17)14-15-5-1-2-6-15/h3-4,7,11,15,17-19H,1-2,5-6,8-10,12-14H2,(H,22,24)/t17-,18-,19+/m1/s1. The SMILES string of the molecule is O=C(NCc1ccccn1)[C@@H]1CC[C@@H]2[C@@H](CCN2CC2CCCC2)O1. The fraction of sp³-hybridized carbons (Fsp3) is 0.700. The smallest absolute Gasteiger partial charge is 0.249 e. The summed E-state index contributed by atoms with van der Waals surface area (Å²) >= 11 is 0. The molecule has 2 aliphatic heterocycles. The molecule has 0 spiro atoms. The van der Waals surface area contributed by atoms with Crippen LogP contribution in [-0.4, -0.2) is 47.1 Å². The number of fused-ring (bicyclic) bond motifs is 1. The van der Waals surface area contributed by atoms with E-state index in [4.69, 9.17) is 4.74 Å². The maximum Gasteiger partial charge on any atom is 0.249 e. The van der Waals surface area contributed by atoms with Gasteiger partial charge in [-0.25, -0.2) is 0 Å². The number of likely N-dealkylation sites (tertiary alicyclic amines) is 1. The summed E-state index contributed by atoms with van der Waals surface area (Å²) in [6, 6.07) is 6.27. The Morgan fingerprint density at radius 2 is 2.08 bits per heavy atom. The zero-order chi connectivity index (χ0) is 17.1. The summed E-state index contributed by atoms with van der Waals surface area (Å²) in [6.07, 6.45) is 10.3. The Morgan fingerprint density at radius 1 is 1.20 bits per heavy atom. The monoisotopic (exact) mass is 343 g/mol. The Balaban J connectivity index is 1.26. The van der Waals surface area contributed by atoms with Crippen LogP contribution in [0.3, 0.4) is 0 Å². The first-order chi connectivity index (χ1) is 12.3. The minimum atomic E-state index is -0.295. The van der Waals surface area contributed by atoms with Gasteiger partial charge in [-0.2, -0.15) is 0 Å². The number of amides is 1. The molecular formula is C20H29N3O2. The highest BCUT2D eigenvalue weighted by Crippen LogP contribution is 2.34. The Hall–Kier alpha value is -1.46. The van der Waals surface area contributed by atoms with E-state index in [1.807, 2.05) is 18.2 Å². The number of rotatable bonds is 5. The van der Waals surface area contributed by atoms with Crippen LogP contribution in [0.15, 0.2) is 24.4 Å². The second kappa shape index (κ2) is 7.83. The van der Waals surface area contributed by atoms with Crippen molar-refractivity contribution in [3.63, 3.8) is 0 Å². The molecule has 136 valence electrons. The van der Waals surface area contributed by atoms with Gasteiger partial charge < -0.3 is 10.1 Å². The van der Waals surface area contributed by atoms with E-state index in [0.717, 1.165) is 37.4 Å². The lowest BCUT2D eigenvalue weighted by atomic mass is 9.97. The molecule has 1 N–H and O–H groups in total. The van der Waals surface area contributed by atoms with Gasteiger partial charge in [0.25, 0.3) is 0 Å². The maximum atomic E-state index is 12.4. The second-order valence-corrected chi connectivity index (χ2v) is 7.78. The third-order valence-corrected chi connectivity index (χ3v) is 6.09. The molecule has 3 aliphatic rings. The third-order valence-electron chi connectivity index (χ3n) is 6.09. The number of carbonyl (C=O) groups excluding carboxylic acids is 1. The first-order valence-corrected chi connectivity index (χ1v) is 9.87. The lowest BCUT2D eigenvalue weighted by molar-refractivity contribution is -0.144. The van der Waals surface area contributed by atoms with Crippen molar-refractivity contribution in [2.45, 2.75) is 69.7 Å². The van der Waals surface area contributed by atoms with Gasteiger partial charge in [0.05, 0.1) is 18.3 Å². The molecule has 1 aromatic rings. The normalized spacial score (nSPS) is 30.3. The van der Waals surface area contributed by atoms with E-state index in [0.29, 0.717) is 12.6 Å². The van der Waals surface area contributed by atoms with Crippen molar-refractivity contribution >= 4 is 5.91 Å². The van der Waals surface area contributed by atoms with Gasteiger partial charge in [0, 0.05) is 25.3 Å². The van der Waals surface area contributed by atoms with Crippen molar-refractivity contribution in [3.05, 3.63) is 30.1 Å². The van der Waals surface area contributed by atoms with Crippen molar-refractivity contribution in [2.75, 3.05) is 13.1 Å². The van der Waals surface area contributed by atoms with Crippen LogP contribution in [0.4, 0.5) is 0 Å². The number of ether oxygens (including phenoxy) is 1. The number of aromatic nitrogens is 1. The number of carbonyl (C=O) groups is 1. The summed E-state index contributed by atoms with van der Waals surface area (Å²) < 4.78 is 6.18. The molecule has 1 aromatic heterocycles. The lowest BCUT2D eigenvalue weighted by Gasteiger charge is -2.36. The van der Waals surface area contributed by atoms with Crippen LogP contribution in [0.2, 0.25) is 0 Å². The quantitative estimate of drug-likeness (QED) is 0.892. The number of pyridine rings is 1. The summed E-state index contributed by atoms with van der Waals surface area (Å²) in [5, 5.41) is 2.98. The van der Waals surface area contributed by atoms with E-state index in [9.17, 15) is 4.79 Å². The van der Waals surface area contributed by atoms with Gasteiger partial charge in [-0.1, -0.05) is 18.9 Å². The molecule has 3 fully saturated rings. The van der Waals surface area contributed by atoms with E-state index >= 15 is 0 Å². The van der Waals surface area contributed by atoms with Crippen LogP contribution in [0.25, 0.3) is 0 Å². The first kappa shape index (κ1) is 17.0. The van der Waals surface area contributed by atoms with Gasteiger partial charge in [0.1, 0.15) is 6.10 Å². The average Bonchev–Trinajstić information content (AvgIpc) is 3.31. The fourth-order valence-corrected chi connectivity index (χ4v) is 4.75. The Morgan fingerprint density at radius 3 is 2.88 bits per heavy atom. The molecule has 0 bridgehead atoms. The van der Waals surface area contributed by atoms with Crippen molar-refractivity contribution in [1.29, 1.82) is 0 Å². The molecule has 3 heterocycles. The molecule has 1 aliphatic carbocycles. The fourth-order valence-electron chi connectivity index (χ4n) is 4.75. The number of hydrogen-bond acceptors (Lipinski definition) is 4. The van der Waals surface area contributed by atoms with Gasteiger partial charge in [-0.3, -0.25) is 14.7 Å². The van der Waals surface area contributed by atoms with Crippen LogP contribution in [0.5, 0.6) is 0 Å². The molecular weight excluding hydrogens is 314 g/mol. The summed E-state index contributed by atoms with van der Waals surface area (Å²) in [5.74, 6) is 0.900. The van der Waals surface area contributed by atoms with Crippen LogP contribution in [0.1, 0.15) is 50.6 Å². The summed E-state index contributed by atoms with van der Waals surface area (Å²) in [5.41, 5.74) is 0.883.